The number of aryl methyl sites for hydroxylation is 4. The number of nitrogens with zero attached hydrogens (tertiary/aromatic N) is 6. The molecule has 410 valence electrons. The van der Waals surface area contributed by atoms with Gasteiger partial charge in [0.25, 0.3) is 10.1 Å². The van der Waals surface area contributed by atoms with E-state index >= 15 is 0 Å². The number of nitrogens with one attached hydrogen (secondary N) is 3. The highest BCUT2D eigenvalue weighted by Gasteiger charge is 2.27. The summed E-state index contributed by atoms with van der Waals surface area (Å²) in [7, 11) is -4.19. The van der Waals surface area contributed by atoms with Gasteiger partial charge in [-0.15, -0.1) is 0 Å². The Morgan fingerprint density at radius 3 is 1.10 bits per heavy atom. The predicted molar refractivity (Wildman–Crippen MR) is 317 cm³/mol. The van der Waals surface area contributed by atoms with Gasteiger partial charge in [-0.25, -0.2) is 0 Å². The number of rotatable bonds is 25. The van der Waals surface area contributed by atoms with E-state index in [0.717, 1.165) is 102 Å². The number of aromatic nitrogens is 2. The summed E-state index contributed by atoms with van der Waals surface area (Å²) < 4.78 is 50.6. The summed E-state index contributed by atoms with van der Waals surface area (Å²) in [4.78, 5) is 52.6. The molecule has 9 rings (SSSR count). The first kappa shape index (κ1) is 56.3. The van der Waals surface area contributed by atoms with E-state index in [1.807, 2.05) is 86.6 Å². The Morgan fingerprint density at radius 1 is 0.475 bits per heavy atom. The van der Waals surface area contributed by atoms with Crippen LogP contribution in [0.2, 0.25) is 0 Å². The van der Waals surface area contributed by atoms with Crippen molar-refractivity contribution in [2.45, 2.75) is 65.2 Å². The lowest BCUT2D eigenvalue weighted by Gasteiger charge is -2.26. The molecule has 0 aliphatic carbocycles. The monoisotopic (exact) mass is 1130 g/mol. The third-order valence-corrected chi connectivity index (χ3v) is 15.3. The molecule has 20 heteroatoms. The molecular formula is C60H59N9O8S3. The smallest absolute Gasteiger partial charge is 0.303 e. The molecule has 0 atom stereocenters. The summed E-state index contributed by atoms with van der Waals surface area (Å²) in [6.07, 6.45) is 3.00. The van der Waals surface area contributed by atoms with E-state index in [4.69, 9.17) is 22.0 Å². The highest BCUT2D eigenvalue weighted by Crippen LogP contribution is 2.52. The van der Waals surface area contributed by atoms with E-state index in [2.05, 4.69) is 98.5 Å². The van der Waals surface area contributed by atoms with Crippen LogP contribution in [0, 0.1) is 0 Å². The molecule has 0 saturated heterocycles. The van der Waals surface area contributed by atoms with E-state index in [-0.39, 0.29) is 37.1 Å². The molecule has 0 radical (unpaired) electrons. The van der Waals surface area contributed by atoms with Crippen molar-refractivity contribution in [3.8, 4) is 22.3 Å². The summed E-state index contributed by atoms with van der Waals surface area (Å²) in [6, 6.07) is 48.5. The zero-order chi connectivity index (χ0) is 56.2. The Morgan fingerprint density at radius 2 is 0.787 bits per heavy atom. The number of hydrogen-bond acceptors (Lipinski definition) is 13. The fraction of sp³-hybridized carbons (Fsp3) is 0.233. The van der Waals surface area contributed by atoms with Crippen LogP contribution in [0.4, 0.5) is 45.5 Å². The second-order valence-electron chi connectivity index (χ2n) is 19.0. The summed E-state index contributed by atoms with van der Waals surface area (Å²) in [6.45, 7) is 4.83. The largest absolute Gasteiger partial charge is 0.481 e. The quantitative estimate of drug-likeness (QED) is 0.0336. The van der Waals surface area contributed by atoms with Crippen molar-refractivity contribution in [1.29, 1.82) is 0 Å². The van der Waals surface area contributed by atoms with Crippen LogP contribution >= 0.6 is 11.7 Å². The normalized spacial score (nSPS) is 11.7. The second kappa shape index (κ2) is 26.0. The molecule has 0 bridgehead atoms. The number of carboxylic acid groups (broad SMARTS) is 1. The average Bonchev–Trinajstić information content (AvgIpc) is 4.16. The first-order valence-corrected chi connectivity index (χ1v) is 29.4. The Hall–Kier alpha value is -8.43. The van der Waals surface area contributed by atoms with Gasteiger partial charge >= 0.3 is 5.97 Å². The van der Waals surface area contributed by atoms with E-state index in [9.17, 15) is 32.7 Å². The number of carbonyl (C=O) groups is 4. The second-order valence-corrected chi connectivity index (χ2v) is 21.7. The predicted octanol–water partition coefficient (Wildman–Crippen LogP) is 11.8. The molecule has 1 aromatic heterocycles. The first-order valence-electron chi connectivity index (χ1n) is 26.3. The number of carboxylic acids is 1. The molecule has 17 nitrogen and oxygen atoms in total. The topological polar surface area (TPSA) is 236 Å². The van der Waals surface area contributed by atoms with Crippen LogP contribution in [0.1, 0.15) is 61.8 Å². The van der Waals surface area contributed by atoms with Crippen LogP contribution in [0.15, 0.2) is 154 Å². The molecular weight excluding hydrogens is 1070 g/mol. The Kier molecular flexibility index (Phi) is 18.3. The molecule has 0 unspecified atom stereocenters. The highest BCUT2D eigenvalue weighted by atomic mass is 32.2. The molecule has 0 spiro atoms. The molecule has 8 aromatic rings. The number of amides is 3. The van der Waals surface area contributed by atoms with E-state index in [1.54, 1.807) is 0 Å². The van der Waals surface area contributed by atoms with E-state index in [0.29, 0.717) is 74.0 Å². The van der Waals surface area contributed by atoms with Crippen molar-refractivity contribution in [3.05, 3.63) is 168 Å². The summed E-state index contributed by atoms with van der Waals surface area (Å²) in [5.41, 5.74) is 15.3. The standard InChI is InChI=1S/C60H59N9O8S3/c1-3-61-51(70)33-13-39-5-21-45(22-6-39)68(46-23-7-40(8-24-46)14-34-52(71)62-4-2)49-29-17-43(18-30-49)55-57-59(66-78-64-57)56(60-58(55)65-79-67-60)44-19-31-50(32-20-44)69(48-27-11-42(12-28-48)16-36-54(73)74)47-25-9-41(10-26-47)15-35-53(72)63-37-38-80(75,76)77/h5-12,17-32H,3-4,13-16,33-38H2,1-2H3,(H,61,70)(H,62,71)(H,63,72)(H,73,74)(H,75,76,77). The molecule has 80 heavy (non-hydrogen) atoms. The SMILES string of the molecule is CCNC(=O)CCc1ccc(N(c2ccc(CCC(=O)NCC)cc2)c2ccc(-c3c4c(c(-c5ccc(N(c6ccc(CCC(=O)O)cc6)c6ccc(CCC(=O)NCCS(=O)(=O)O)cc6)cc5)c5nsnc35)N=S=N4)cc2)cc1. The van der Waals surface area contributed by atoms with E-state index in [1.165, 1.54) is 0 Å². The number of benzene rings is 7. The van der Waals surface area contributed by atoms with Gasteiger partial charge in [0.2, 0.25) is 17.7 Å². The average molecular weight is 1130 g/mol. The molecule has 7 aromatic carbocycles. The first-order chi connectivity index (χ1) is 38.7. The summed E-state index contributed by atoms with van der Waals surface area (Å²) >= 11 is 2.25. The van der Waals surface area contributed by atoms with Crippen molar-refractivity contribution in [3.63, 3.8) is 0 Å². The molecule has 0 saturated carbocycles. The lowest BCUT2D eigenvalue weighted by molar-refractivity contribution is -0.137. The summed E-state index contributed by atoms with van der Waals surface area (Å²) in [5.74, 6) is -1.71. The Balaban J connectivity index is 1.01. The van der Waals surface area contributed by atoms with E-state index < -0.39 is 21.8 Å². The van der Waals surface area contributed by atoms with Gasteiger partial charge in [0.1, 0.15) is 22.4 Å². The van der Waals surface area contributed by atoms with Crippen molar-refractivity contribution < 1.29 is 37.3 Å². The molecule has 2 heterocycles. The van der Waals surface area contributed by atoms with Crippen molar-refractivity contribution in [2.75, 3.05) is 35.2 Å². The summed E-state index contributed by atoms with van der Waals surface area (Å²) in [5, 5.41) is 17.6. The van der Waals surface area contributed by atoms with Gasteiger partial charge in [-0.3, -0.25) is 23.7 Å². The van der Waals surface area contributed by atoms with Crippen LogP contribution in [-0.2, 0) is 66.3 Å². The third kappa shape index (κ3) is 14.1. The van der Waals surface area contributed by atoms with Gasteiger partial charge in [0.15, 0.2) is 0 Å². The van der Waals surface area contributed by atoms with Crippen molar-refractivity contribution >= 4 is 113 Å². The maximum Gasteiger partial charge on any atom is 0.303 e. The maximum absolute atomic E-state index is 12.4. The fourth-order valence-corrected chi connectivity index (χ4v) is 11.0. The van der Waals surface area contributed by atoms with Gasteiger partial charge in [0, 0.05) is 90.6 Å². The Labute approximate surface area is 472 Å². The molecule has 5 N–H and O–H groups in total. The minimum Gasteiger partial charge on any atom is -0.481 e. The Bertz CT molecular complexity index is 3640. The van der Waals surface area contributed by atoms with Crippen LogP contribution in [0.3, 0.4) is 0 Å². The minimum atomic E-state index is -4.19. The molecule has 3 amide bonds. The van der Waals surface area contributed by atoms with Crippen LogP contribution < -0.4 is 25.8 Å². The number of hydrogen-bond donors (Lipinski definition) is 5. The maximum atomic E-state index is 12.4. The molecule has 1 aliphatic rings. The number of aliphatic carboxylic acids is 1. The van der Waals surface area contributed by atoms with Gasteiger partial charge in [-0.1, -0.05) is 72.8 Å². The zero-order valence-corrected chi connectivity index (χ0v) is 46.5. The van der Waals surface area contributed by atoms with Crippen molar-refractivity contribution in [2.24, 2.45) is 8.73 Å². The van der Waals surface area contributed by atoms with Gasteiger partial charge in [-0.2, -0.15) is 25.9 Å². The highest BCUT2D eigenvalue weighted by molar-refractivity contribution is 7.85. The van der Waals surface area contributed by atoms with Gasteiger partial charge < -0.3 is 30.9 Å². The fourth-order valence-electron chi connectivity index (χ4n) is 9.50. The number of anilines is 6. The van der Waals surface area contributed by atoms with Crippen LogP contribution in [0.25, 0.3) is 33.3 Å². The van der Waals surface area contributed by atoms with Gasteiger partial charge in [-0.05, 0) is 146 Å². The van der Waals surface area contributed by atoms with Crippen LogP contribution in [-0.4, -0.2) is 75.9 Å². The van der Waals surface area contributed by atoms with Crippen molar-refractivity contribution in [1.82, 2.24) is 24.7 Å². The lowest BCUT2D eigenvalue weighted by Crippen LogP contribution is -2.29. The van der Waals surface area contributed by atoms with Gasteiger partial charge in [0.05, 0.1) is 28.8 Å². The van der Waals surface area contributed by atoms with Crippen LogP contribution in [0.5, 0.6) is 0 Å². The number of fused-ring (bicyclic) bond motifs is 2. The number of carbonyl (C=O) groups excluding carboxylic acids is 3. The zero-order valence-electron chi connectivity index (χ0n) is 44.1. The molecule has 0 fully saturated rings. The molecule has 1 aliphatic heterocycles. The minimum absolute atomic E-state index is 0.0144. The third-order valence-electron chi connectivity index (χ3n) is 13.5. The lowest BCUT2D eigenvalue weighted by atomic mass is 9.93.